The Morgan fingerprint density at radius 3 is 2.54 bits per heavy atom. The van der Waals surface area contributed by atoms with Gasteiger partial charge in [-0.1, -0.05) is 12.1 Å². The van der Waals surface area contributed by atoms with E-state index < -0.39 is 11.7 Å². The van der Waals surface area contributed by atoms with Gasteiger partial charge in [-0.25, -0.2) is 9.79 Å². The molecule has 0 saturated heterocycles. The monoisotopic (exact) mass is 518 g/mol. The molecule has 0 spiro atoms. The molecule has 1 unspecified atom stereocenters. The molecule has 1 aromatic heterocycles. The topological polar surface area (TPSA) is 95.0 Å². The van der Waals surface area contributed by atoms with E-state index in [1.165, 1.54) is 7.11 Å². The first kappa shape index (κ1) is 24.2. The fraction of sp³-hybridized carbons (Fsp3) is 0.368. The Hall–Kier alpha value is -1.85. The molecule has 1 amide bonds. The minimum Gasteiger partial charge on any atom is -0.453 e. The van der Waals surface area contributed by atoms with Crippen molar-refractivity contribution in [3.63, 3.8) is 0 Å². The van der Waals surface area contributed by atoms with Crippen LogP contribution in [0.3, 0.4) is 0 Å². The van der Waals surface area contributed by atoms with Crippen molar-refractivity contribution in [2.24, 2.45) is 4.99 Å². The maximum absolute atomic E-state index is 11.2. The molecule has 0 aliphatic carbocycles. The van der Waals surface area contributed by atoms with Gasteiger partial charge in [0.1, 0.15) is 5.60 Å². The molecule has 2 rings (SSSR count). The molecule has 2 aromatic rings. The molecule has 28 heavy (non-hydrogen) atoms. The zero-order chi connectivity index (χ0) is 19.7. The summed E-state index contributed by atoms with van der Waals surface area (Å²) in [4.78, 5) is 15.7. The van der Waals surface area contributed by atoms with Crippen molar-refractivity contribution >= 4 is 53.1 Å². The molecule has 1 heterocycles. The Kier molecular flexibility index (Phi) is 10.3. The third-order valence-corrected chi connectivity index (χ3v) is 4.58. The third kappa shape index (κ3) is 7.64. The molecule has 0 aliphatic heterocycles. The fourth-order valence-corrected chi connectivity index (χ4v) is 3.09. The van der Waals surface area contributed by atoms with Gasteiger partial charge in [0.05, 0.1) is 20.2 Å². The van der Waals surface area contributed by atoms with E-state index in [2.05, 4.69) is 25.7 Å². The minimum absolute atomic E-state index is 0. The quantitative estimate of drug-likeness (QED) is 0.256. The molecule has 0 aliphatic rings. The summed E-state index contributed by atoms with van der Waals surface area (Å²) in [5, 5.41) is 23.5. The number of benzene rings is 1. The highest BCUT2D eigenvalue weighted by Gasteiger charge is 2.23. The fourth-order valence-electron chi connectivity index (χ4n) is 2.30. The number of methoxy groups -OCH3 is 1. The number of hydrogen-bond donors (Lipinski definition) is 4. The zero-order valence-corrected chi connectivity index (χ0v) is 19.3. The van der Waals surface area contributed by atoms with E-state index in [4.69, 9.17) is 0 Å². The molecule has 154 valence electrons. The largest absolute Gasteiger partial charge is 0.453 e. The van der Waals surface area contributed by atoms with E-state index >= 15 is 0 Å². The Morgan fingerprint density at radius 2 is 1.96 bits per heavy atom. The number of carbonyl (C=O) groups is 1. The number of nitrogens with zero attached hydrogens (tertiary/aromatic N) is 1. The molecule has 7 nitrogen and oxygen atoms in total. The number of guanidine groups is 1. The second-order valence-electron chi connectivity index (χ2n) is 6.15. The predicted octanol–water partition coefficient (Wildman–Crippen LogP) is 3.51. The number of aliphatic hydroxyl groups is 1. The molecule has 0 bridgehead atoms. The first-order valence-corrected chi connectivity index (χ1v) is 9.60. The molecule has 4 N–H and O–H groups in total. The SMILES string of the molecule is CCNC(=NCc1ccc(NC(=O)OC)cc1)NCC(C)(O)c1ccsc1.I. The average Bonchev–Trinajstić information content (AvgIpc) is 3.21. The normalized spacial score (nSPS) is 13.1. The van der Waals surface area contributed by atoms with Crippen molar-refractivity contribution in [1.29, 1.82) is 0 Å². The number of anilines is 1. The standard InChI is InChI=1S/C19H26N4O3S.HI/c1-4-20-17(22-13-19(2,25)15-9-10-27-12-15)21-11-14-5-7-16(8-6-14)23-18(24)26-3;/h5-10,12,25H,4,11,13H2,1-3H3,(H,23,24)(H2,20,21,22);1H. The minimum atomic E-state index is -0.975. The molecule has 0 radical (unpaired) electrons. The number of carbonyl (C=O) groups excluding carboxylic acids is 1. The third-order valence-electron chi connectivity index (χ3n) is 3.89. The summed E-state index contributed by atoms with van der Waals surface area (Å²) in [6, 6.07) is 9.28. The van der Waals surface area contributed by atoms with Crippen LogP contribution in [0.25, 0.3) is 0 Å². The number of ether oxygens (including phenoxy) is 1. The number of thiophene rings is 1. The molecule has 0 saturated carbocycles. The summed E-state index contributed by atoms with van der Waals surface area (Å²) < 4.78 is 4.56. The van der Waals surface area contributed by atoms with E-state index in [1.807, 2.05) is 35.9 Å². The van der Waals surface area contributed by atoms with E-state index in [0.29, 0.717) is 31.3 Å². The van der Waals surface area contributed by atoms with Gasteiger partial charge >= 0.3 is 6.09 Å². The van der Waals surface area contributed by atoms with Crippen molar-refractivity contribution < 1.29 is 14.6 Å². The van der Waals surface area contributed by atoms with E-state index in [9.17, 15) is 9.90 Å². The van der Waals surface area contributed by atoms with Crippen LogP contribution >= 0.6 is 35.3 Å². The lowest BCUT2D eigenvalue weighted by Gasteiger charge is -2.24. The first-order chi connectivity index (χ1) is 12.9. The summed E-state index contributed by atoms with van der Waals surface area (Å²) in [7, 11) is 1.32. The van der Waals surface area contributed by atoms with Crippen molar-refractivity contribution in [2.45, 2.75) is 26.0 Å². The summed E-state index contributed by atoms with van der Waals surface area (Å²) in [6.45, 7) is 5.29. The van der Waals surface area contributed by atoms with E-state index in [1.54, 1.807) is 30.4 Å². The van der Waals surface area contributed by atoms with Gasteiger partial charge in [0.2, 0.25) is 0 Å². The molecular formula is C19H27IN4O3S. The van der Waals surface area contributed by atoms with Crippen LogP contribution in [0.4, 0.5) is 10.5 Å². The van der Waals surface area contributed by atoms with E-state index in [-0.39, 0.29) is 24.0 Å². The van der Waals surface area contributed by atoms with Crippen molar-refractivity contribution in [2.75, 3.05) is 25.5 Å². The summed E-state index contributed by atoms with van der Waals surface area (Å²) >= 11 is 1.56. The number of amides is 1. The van der Waals surface area contributed by atoms with Gasteiger partial charge in [0.25, 0.3) is 0 Å². The van der Waals surface area contributed by atoms with Crippen LogP contribution in [0.1, 0.15) is 25.0 Å². The zero-order valence-electron chi connectivity index (χ0n) is 16.2. The van der Waals surface area contributed by atoms with Crippen molar-refractivity contribution in [1.82, 2.24) is 10.6 Å². The summed E-state index contributed by atoms with van der Waals surface area (Å²) in [5.41, 5.74) is 1.56. The lowest BCUT2D eigenvalue weighted by molar-refractivity contribution is 0.0621. The van der Waals surface area contributed by atoms with Crippen LogP contribution in [0.15, 0.2) is 46.1 Å². The Labute approximate surface area is 186 Å². The highest BCUT2D eigenvalue weighted by molar-refractivity contribution is 14.0. The Balaban J connectivity index is 0.00000392. The van der Waals surface area contributed by atoms with Crippen LogP contribution in [-0.4, -0.2) is 37.4 Å². The maximum Gasteiger partial charge on any atom is 0.411 e. The molecule has 1 aromatic carbocycles. The number of halogens is 1. The predicted molar refractivity (Wildman–Crippen MR) is 125 cm³/mol. The second-order valence-corrected chi connectivity index (χ2v) is 6.93. The van der Waals surface area contributed by atoms with Gasteiger partial charge in [0.15, 0.2) is 5.96 Å². The van der Waals surface area contributed by atoms with Crippen LogP contribution < -0.4 is 16.0 Å². The summed E-state index contributed by atoms with van der Waals surface area (Å²) in [5.74, 6) is 0.629. The number of hydrogen-bond acceptors (Lipinski definition) is 5. The van der Waals surface area contributed by atoms with Gasteiger partial charge in [0, 0.05) is 12.2 Å². The van der Waals surface area contributed by atoms with Gasteiger partial charge < -0.3 is 20.5 Å². The molecular weight excluding hydrogens is 491 g/mol. The van der Waals surface area contributed by atoms with Crippen LogP contribution in [-0.2, 0) is 16.9 Å². The van der Waals surface area contributed by atoms with Crippen LogP contribution in [0, 0.1) is 0 Å². The number of nitrogens with one attached hydrogen (secondary N) is 3. The van der Waals surface area contributed by atoms with Crippen LogP contribution in [0.5, 0.6) is 0 Å². The maximum atomic E-state index is 11.2. The molecule has 1 atom stereocenters. The molecule has 0 fully saturated rings. The smallest absolute Gasteiger partial charge is 0.411 e. The summed E-state index contributed by atoms with van der Waals surface area (Å²) in [6.07, 6.45) is -0.503. The Morgan fingerprint density at radius 1 is 1.25 bits per heavy atom. The average molecular weight is 518 g/mol. The molecule has 9 heteroatoms. The van der Waals surface area contributed by atoms with Crippen LogP contribution in [0.2, 0.25) is 0 Å². The van der Waals surface area contributed by atoms with Gasteiger partial charge in [-0.2, -0.15) is 11.3 Å². The second kappa shape index (κ2) is 11.9. The Bertz CT molecular complexity index is 749. The van der Waals surface area contributed by atoms with Gasteiger partial charge in [-0.15, -0.1) is 24.0 Å². The van der Waals surface area contributed by atoms with Crippen molar-refractivity contribution in [3.05, 3.63) is 52.2 Å². The van der Waals surface area contributed by atoms with Gasteiger partial charge in [-0.05, 0) is 53.9 Å². The lowest BCUT2D eigenvalue weighted by Crippen LogP contribution is -2.44. The first-order valence-electron chi connectivity index (χ1n) is 8.65. The number of aliphatic imine (C=N–C) groups is 1. The van der Waals surface area contributed by atoms with E-state index in [0.717, 1.165) is 11.1 Å². The highest BCUT2D eigenvalue weighted by Crippen LogP contribution is 2.22. The number of rotatable bonds is 7. The van der Waals surface area contributed by atoms with Gasteiger partial charge in [-0.3, -0.25) is 5.32 Å². The highest BCUT2D eigenvalue weighted by atomic mass is 127. The van der Waals surface area contributed by atoms with Crippen molar-refractivity contribution in [3.8, 4) is 0 Å². The lowest BCUT2D eigenvalue weighted by atomic mass is 9.99.